The van der Waals surface area contributed by atoms with Gasteiger partial charge in [0.15, 0.2) is 0 Å². The second kappa shape index (κ2) is 5.77. The molecule has 7 heteroatoms. The lowest BCUT2D eigenvalue weighted by molar-refractivity contribution is -0.136. The Balaban J connectivity index is 3.29. The van der Waals surface area contributed by atoms with Crippen molar-refractivity contribution in [2.45, 2.75) is 13.0 Å². The quantitative estimate of drug-likeness (QED) is 0.844. The van der Waals surface area contributed by atoms with Gasteiger partial charge in [0.2, 0.25) is 0 Å². The maximum absolute atomic E-state index is 12.2. The Morgan fingerprint density at radius 2 is 2.24 bits per heavy atom. The van der Waals surface area contributed by atoms with Crippen LogP contribution in [0.3, 0.4) is 0 Å². The fourth-order valence-electron chi connectivity index (χ4n) is 1.25. The third kappa shape index (κ3) is 3.81. The Kier molecular flexibility index (Phi) is 4.62. The zero-order valence-electron chi connectivity index (χ0n) is 8.28. The van der Waals surface area contributed by atoms with Crippen molar-refractivity contribution in [2.24, 2.45) is 0 Å². The van der Waals surface area contributed by atoms with E-state index in [1.807, 2.05) is 22.6 Å². The van der Waals surface area contributed by atoms with E-state index in [-0.39, 0.29) is 16.9 Å². The van der Waals surface area contributed by atoms with E-state index in [1.165, 1.54) is 12.1 Å². The molecule has 0 spiro atoms. The standard InChI is InChI=1S/C10H6F2INO3/c11-10(12)17-8-2-6(13)1-5(4-14)7(8)3-9(15)16/h1-2,10H,3H2,(H,15,16). The molecule has 1 aromatic rings. The van der Waals surface area contributed by atoms with E-state index >= 15 is 0 Å². The molecule has 0 radical (unpaired) electrons. The highest BCUT2D eigenvalue weighted by Crippen LogP contribution is 2.27. The Morgan fingerprint density at radius 3 is 2.71 bits per heavy atom. The molecule has 0 aromatic heterocycles. The number of carboxylic acids is 1. The SMILES string of the molecule is N#Cc1cc(I)cc(OC(F)F)c1CC(=O)O. The van der Waals surface area contributed by atoms with Crippen LogP contribution in [-0.4, -0.2) is 17.7 Å². The number of halogens is 3. The zero-order chi connectivity index (χ0) is 13.0. The normalized spacial score (nSPS) is 10.1. The molecule has 0 unspecified atom stereocenters. The molecular weight excluding hydrogens is 347 g/mol. The minimum atomic E-state index is -3.06. The Morgan fingerprint density at radius 1 is 1.59 bits per heavy atom. The van der Waals surface area contributed by atoms with E-state index in [0.717, 1.165) is 0 Å². The lowest BCUT2D eigenvalue weighted by Crippen LogP contribution is -2.09. The van der Waals surface area contributed by atoms with Gasteiger partial charge in [-0.25, -0.2) is 0 Å². The summed E-state index contributed by atoms with van der Waals surface area (Å²) in [7, 11) is 0. The van der Waals surface area contributed by atoms with Crippen molar-refractivity contribution in [3.05, 3.63) is 26.8 Å². The average molecular weight is 353 g/mol. The van der Waals surface area contributed by atoms with Gasteiger partial charge in [0.05, 0.1) is 18.1 Å². The number of alkyl halides is 2. The largest absolute Gasteiger partial charge is 0.481 e. The highest BCUT2D eigenvalue weighted by molar-refractivity contribution is 14.1. The molecule has 0 saturated heterocycles. The molecule has 0 aliphatic rings. The maximum atomic E-state index is 12.2. The monoisotopic (exact) mass is 353 g/mol. The minimum absolute atomic E-state index is 0.0231. The number of rotatable bonds is 4. The molecule has 0 aliphatic heterocycles. The van der Waals surface area contributed by atoms with E-state index in [1.54, 1.807) is 6.07 Å². The number of carboxylic acid groups (broad SMARTS) is 1. The molecule has 17 heavy (non-hydrogen) atoms. The minimum Gasteiger partial charge on any atom is -0.481 e. The third-order valence-corrected chi connectivity index (χ3v) is 2.46. The van der Waals surface area contributed by atoms with Gasteiger partial charge < -0.3 is 9.84 Å². The van der Waals surface area contributed by atoms with Gasteiger partial charge in [0.1, 0.15) is 5.75 Å². The number of hydrogen-bond donors (Lipinski definition) is 1. The van der Waals surface area contributed by atoms with Gasteiger partial charge in [0, 0.05) is 9.13 Å². The second-order valence-electron chi connectivity index (χ2n) is 2.99. The highest BCUT2D eigenvalue weighted by Gasteiger charge is 2.17. The first-order valence-corrected chi connectivity index (χ1v) is 5.41. The van der Waals surface area contributed by atoms with Crippen molar-refractivity contribution >= 4 is 28.6 Å². The number of nitriles is 1. The molecule has 0 atom stereocenters. The van der Waals surface area contributed by atoms with Crippen molar-refractivity contribution < 1.29 is 23.4 Å². The van der Waals surface area contributed by atoms with Crippen molar-refractivity contribution in [3.8, 4) is 11.8 Å². The van der Waals surface area contributed by atoms with E-state index < -0.39 is 19.0 Å². The summed E-state index contributed by atoms with van der Waals surface area (Å²) in [5, 5.41) is 17.5. The Hall–Kier alpha value is -1.43. The molecule has 0 aliphatic carbocycles. The van der Waals surface area contributed by atoms with Crippen LogP contribution in [0, 0.1) is 14.9 Å². The number of aliphatic carboxylic acids is 1. The summed E-state index contributed by atoms with van der Waals surface area (Å²) in [6.07, 6.45) is -0.540. The van der Waals surface area contributed by atoms with Crippen LogP contribution in [0.4, 0.5) is 8.78 Å². The summed E-state index contributed by atoms with van der Waals surface area (Å²) in [5.41, 5.74) is -0.0179. The zero-order valence-corrected chi connectivity index (χ0v) is 10.4. The summed E-state index contributed by atoms with van der Waals surface area (Å²) < 4.78 is 29.0. The molecule has 0 fully saturated rings. The first-order valence-electron chi connectivity index (χ1n) is 4.33. The number of carbonyl (C=O) groups is 1. The van der Waals surface area contributed by atoms with E-state index in [4.69, 9.17) is 10.4 Å². The van der Waals surface area contributed by atoms with Crippen LogP contribution in [0.5, 0.6) is 5.75 Å². The summed E-state index contributed by atoms with van der Waals surface area (Å²) >= 11 is 1.83. The van der Waals surface area contributed by atoms with Crippen molar-refractivity contribution in [1.82, 2.24) is 0 Å². The highest BCUT2D eigenvalue weighted by atomic mass is 127. The van der Waals surface area contributed by atoms with Gasteiger partial charge in [-0.3, -0.25) is 4.79 Å². The molecule has 90 valence electrons. The van der Waals surface area contributed by atoms with Gasteiger partial charge in [-0.1, -0.05) is 0 Å². The van der Waals surface area contributed by atoms with Crippen LogP contribution in [0.2, 0.25) is 0 Å². The molecule has 1 rings (SSSR count). The fourth-order valence-corrected chi connectivity index (χ4v) is 1.84. The van der Waals surface area contributed by atoms with Crippen LogP contribution in [0.25, 0.3) is 0 Å². The van der Waals surface area contributed by atoms with Crippen molar-refractivity contribution in [3.63, 3.8) is 0 Å². The van der Waals surface area contributed by atoms with E-state index in [2.05, 4.69) is 4.74 Å². The van der Waals surface area contributed by atoms with E-state index in [0.29, 0.717) is 3.57 Å². The third-order valence-electron chi connectivity index (χ3n) is 1.84. The van der Waals surface area contributed by atoms with Crippen LogP contribution in [0.1, 0.15) is 11.1 Å². The van der Waals surface area contributed by atoms with Crippen molar-refractivity contribution in [1.29, 1.82) is 5.26 Å². The van der Waals surface area contributed by atoms with Crippen LogP contribution in [-0.2, 0) is 11.2 Å². The first-order chi connectivity index (χ1) is 7.93. The molecule has 0 bridgehead atoms. The van der Waals surface area contributed by atoms with Crippen LogP contribution in [0.15, 0.2) is 12.1 Å². The summed E-state index contributed by atoms with van der Waals surface area (Å²) in [5.74, 6) is -1.49. The van der Waals surface area contributed by atoms with Crippen LogP contribution < -0.4 is 4.74 Å². The predicted molar refractivity (Wildman–Crippen MR) is 61.8 cm³/mol. The molecule has 1 N–H and O–H groups in total. The van der Waals surface area contributed by atoms with Crippen molar-refractivity contribution in [2.75, 3.05) is 0 Å². The number of ether oxygens (including phenoxy) is 1. The van der Waals surface area contributed by atoms with Gasteiger partial charge in [-0.05, 0) is 34.7 Å². The van der Waals surface area contributed by atoms with Gasteiger partial charge in [-0.2, -0.15) is 14.0 Å². The van der Waals surface area contributed by atoms with Gasteiger partial charge in [0.25, 0.3) is 0 Å². The van der Waals surface area contributed by atoms with Crippen LogP contribution >= 0.6 is 22.6 Å². The molecule has 0 heterocycles. The maximum Gasteiger partial charge on any atom is 0.387 e. The molecule has 0 amide bonds. The van der Waals surface area contributed by atoms with Gasteiger partial charge >= 0.3 is 12.6 Å². The smallest absolute Gasteiger partial charge is 0.387 e. The molecule has 1 aromatic carbocycles. The summed E-state index contributed by atoms with van der Waals surface area (Å²) in [6.45, 7) is -3.06. The Labute approximate surface area is 109 Å². The second-order valence-corrected chi connectivity index (χ2v) is 4.24. The number of hydrogen-bond acceptors (Lipinski definition) is 3. The average Bonchev–Trinajstić information content (AvgIpc) is 2.20. The van der Waals surface area contributed by atoms with Gasteiger partial charge in [-0.15, -0.1) is 0 Å². The fraction of sp³-hybridized carbons (Fsp3) is 0.200. The molecular formula is C10H6F2INO3. The number of benzene rings is 1. The lowest BCUT2D eigenvalue weighted by Gasteiger charge is -2.11. The molecule has 4 nitrogen and oxygen atoms in total. The Bertz CT molecular complexity index is 485. The van der Waals surface area contributed by atoms with E-state index in [9.17, 15) is 13.6 Å². The molecule has 0 saturated carbocycles. The topological polar surface area (TPSA) is 70.3 Å². The first kappa shape index (κ1) is 13.6. The predicted octanol–water partition coefficient (Wildman–Crippen LogP) is 2.39. The number of nitrogens with zero attached hydrogens (tertiary/aromatic N) is 1. The summed E-state index contributed by atoms with van der Waals surface area (Å²) in [6, 6.07) is 4.45. The summed E-state index contributed by atoms with van der Waals surface area (Å²) in [4.78, 5) is 10.6. The lowest BCUT2D eigenvalue weighted by atomic mass is 10.0.